The van der Waals surface area contributed by atoms with Gasteiger partial charge in [0.25, 0.3) is 0 Å². The average Bonchev–Trinajstić information content (AvgIpc) is 3.32. The summed E-state index contributed by atoms with van der Waals surface area (Å²) in [7, 11) is 0. The van der Waals surface area contributed by atoms with E-state index in [2.05, 4.69) is 0 Å². The molecule has 0 spiro atoms. The van der Waals surface area contributed by atoms with E-state index in [4.69, 9.17) is 8.83 Å². The van der Waals surface area contributed by atoms with Crippen molar-refractivity contribution in [2.24, 2.45) is 0 Å². The van der Waals surface area contributed by atoms with Gasteiger partial charge < -0.3 is 23.9 Å². The van der Waals surface area contributed by atoms with Crippen molar-refractivity contribution in [1.82, 2.24) is 4.90 Å². The molecule has 0 saturated heterocycles. The molecule has 26 heavy (non-hydrogen) atoms. The molecule has 0 aliphatic carbocycles. The molecule has 2 N–H and O–H groups in total. The summed E-state index contributed by atoms with van der Waals surface area (Å²) in [4.78, 5) is 1.60. The SMILES string of the molecule is Cc1ccc(/C=C2/C([O])=C3C=C(Cc4ccco4)C(O)=CN3C2CO)o1. The van der Waals surface area contributed by atoms with E-state index < -0.39 is 6.04 Å². The van der Waals surface area contributed by atoms with Gasteiger partial charge in [-0.2, -0.15) is 0 Å². The van der Waals surface area contributed by atoms with Gasteiger partial charge in [-0.1, -0.05) is 0 Å². The third-order valence-electron chi connectivity index (χ3n) is 4.55. The predicted octanol–water partition coefficient (Wildman–Crippen LogP) is 3.47. The molecule has 0 amide bonds. The molecule has 6 nitrogen and oxygen atoms in total. The number of rotatable bonds is 4. The Hall–Kier alpha value is -3.12. The van der Waals surface area contributed by atoms with Crippen molar-refractivity contribution in [3.05, 3.63) is 88.4 Å². The van der Waals surface area contributed by atoms with Crippen LogP contribution in [-0.2, 0) is 11.5 Å². The first-order valence-electron chi connectivity index (χ1n) is 8.30. The molecule has 4 heterocycles. The summed E-state index contributed by atoms with van der Waals surface area (Å²) in [5.41, 5.74) is 1.43. The Kier molecular flexibility index (Phi) is 3.97. The molecule has 2 aliphatic rings. The summed E-state index contributed by atoms with van der Waals surface area (Å²) in [5, 5.41) is 33.1. The zero-order valence-corrected chi connectivity index (χ0v) is 14.2. The Labute approximate surface area is 150 Å². The maximum absolute atomic E-state index is 12.9. The molecular formula is C20H18NO5. The van der Waals surface area contributed by atoms with Crippen molar-refractivity contribution >= 4 is 6.08 Å². The molecule has 133 valence electrons. The van der Waals surface area contributed by atoms with Gasteiger partial charge in [0, 0.05) is 23.8 Å². The Morgan fingerprint density at radius 2 is 2.15 bits per heavy atom. The van der Waals surface area contributed by atoms with Crippen LogP contribution in [-0.4, -0.2) is 27.8 Å². The zero-order valence-electron chi connectivity index (χ0n) is 14.2. The van der Waals surface area contributed by atoms with Gasteiger partial charge in [-0.05, 0) is 43.3 Å². The minimum Gasteiger partial charge on any atom is -0.506 e. The van der Waals surface area contributed by atoms with Crippen LogP contribution in [0.25, 0.3) is 6.08 Å². The van der Waals surface area contributed by atoms with E-state index >= 15 is 0 Å². The number of hydrogen-bond acceptors (Lipinski definition) is 5. The van der Waals surface area contributed by atoms with Crippen LogP contribution in [0.4, 0.5) is 0 Å². The minimum absolute atomic E-state index is 0.0477. The molecule has 1 radical (unpaired) electrons. The third kappa shape index (κ3) is 2.74. The van der Waals surface area contributed by atoms with E-state index in [1.807, 2.05) is 19.1 Å². The van der Waals surface area contributed by atoms with Gasteiger partial charge >= 0.3 is 0 Å². The lowest BCUT2D eigenvalue weighted by molar-refractivity contribution is 0.216. The summed E-state index contributed by atoms with van der Waals surface area (Å²) in [5.74, 6) is 1.84. The van der Waals surface area contributed by atoms with Crippen LogP contribution >= 0.6 is 0 Å². The van der Waals surface area contributed by atoms with Crippen LogP contribution in [0.3, 0.4) is 0 Å². The maximum Gasteiger partial charge on any atom is 0.207 e. The molecule has 4 rings (SSSR count). The van der Waals surface area contributed by atoms with Crippen molar-refractivity contribution in [3.63, 3.8) is 0 Å². The van der Waals surface area contributed by atoms with E-state index in [1.54, 1.807) is 35.4 Å². The Bertz CT molecular complexity index is 943. The van der Waals surface area contributed by atoms with Gasteiger partial charge in [0.05, 0.1) is 24.6 Å². The van der Waals surface area contributed by atoms with E-state index in [-0.39, 0.29) is 18.1 Å². The fraction of sp³-hybridized carbons (Fsp3) is 0.200. The molecule has 6 heteroatoms. The second-order valence-electron chi connectivity index (χ2n) is 6.31. The number of furan rings is 2. The lowest BCUT2D eigenvalue weighted by atomic mass is 10.0. The molecule has 0 aromatic carbocycles. The number of aliphatic hydroxyl groups excluding tert-OH is 2. The number of aliphatic hydroxyl groups is 2. The highest BCUT2D eigenvalue weighted by Gasteiger charge is 2.38. The van der Waals surface area contributed by atoms with Crippen LogP contribution in [0.5, 0.6) is 0 Å². The highest BCUT2D eigenvalue weighted by atomic mass is 16.3. The van der Waals surface area contributed by atoms with Crippen molar-refractivity contribution in [2.45, 2.75) is 19.4 Å². The van der Waals surface area contributed by atoms with Crippen molar-refractivity contribution < 1.29 is 24.2 Å². The molecular weight excluding hydrogens is 334 g/mol. The van der Waals surface area contributed by atoms with Gasteiger partial charge in [0.2, 0.25) is 5.76 Å². The smallest absolute Gasteiger partial charge is 0.207 e. The second-order valence-corrected chi connectivity index (χ2v) is 6.31. The van der Waals surface area contributed by atoms with Crippen molar-refractivity contribution in [1.29, 1.82) is 0 Å². The van der Waals surface area contributed by atoms with E-state index in [0.29, 0.717) is 34.8 Å². The molecule has 1 atom stereocenters. The minimum atomic E-state index is -0.563. The van der Waals surface area contributed by atoms with Crippen molar-refractivity contribution in [3.8, 4) is 0 Å². The summed E-state index contributed by atoms with van der Waals surface area (Å²) in [6.07, 6.45) is 6.72. The second kappa shape index (κ2) is 6.31. The van der Waals surface area contributed by atoms with Crippen LogP contribution in [0.15, 0.2) is 80.0 Å². The van der Waals surface area contributed by atoms with Crippen molar-refractivity contribution in [2.75, 3.05) is 6.61 Å². The Morgan fingerprint density at radius 3 is 2.81 bits per heavy atom. The number of nitrogens with zero attached hydrogens (tertiary/aromatic N) is 1. The molecule has 0 fully saturated rings. The highest BCUT2D eigenvalue weighted by Crippen LogP contribution is 2.39. The maximum atomic E-state index is 12.9. The summed E-state index contributed by atoms with van der Waals surface area (Å²) < 4.78 is 10.8. The first-order chi connectivity index (χ1) is 12.6. The van der Waals surface area contributed by atoms with Crippen LogP contribution < -0.4 is 0 Å². The monoisotopic (exact) mass is 352 g/mol. The number of allylic oxidation sites excluding steroid dienone is 2. The van der Waals surface area contributed by atoms with Crippen LogP contribution in [0, 0.1) is 6.92 Å². The molecule has 0 bridgehead atoms. The molecule has 1 unspecified atom stereocenters. The van der Waals surface area contributed by atoms with Gasteiger partial charge in [-0.3, -0.25) is 5.11 Å². The normalized spacial score (nSPS) is 21.2. The average molecular weight is 352 g/mol. The van der Waals surface area contributed by atoms with Gasteiger partial charge in [0.15, 0.2) is 0 Å². The summed E-state index contributed by atoms with van der Waals surface area (Å²) in [6.45, 7) is 1.57. The van der Waals surface area contributed by atoms with Gasteiger partial charge in [0.1, 0.15) is 23.0 Å². The molecule has 2 aromatic heterocycles. The number of hydrogen-bond donors (Lipinski definition) is 2. The quantitative estimate of drug-likeness (QED) is 0.879. The topological polar surface area (TPSA) is 89.9 Å². The highest BCUT2D eigenvalue weighted by molar-refractivity contribution is 5.62. The van der Waals surface area contributed by atoms with E-state index in [1.165, 1.54) is 6.20 Å². The summed E-state index contributed by atoms with van der Waals surface area (Å²) >= 11 is 0. The largest absolute Gasteiger partial charge is 0.506 e. The number of fused-ring (bicyclic) bond motifs is 1. The Morgan fingerprint density at radius 1 is 1.31 bits per heavy atom. The number of aryl methyl sites for hydroxylation is 1. The first-order valence-corrected chi connectivity index (χ1v) is 8.30. The van der Waals surface area contributed by atoms with E-state index in [0.717, 1.165) is 5.76 Å². The van der Waals surface area contributed by atoms with Crippen LogP contribution in [0.1, 0.15) is 17.3 Å². The standard InChI is InChI=1S/C20H18NO5/c1-12-4-5-15(26-12)9-16-18(11-22)21-10-19(23)13(8-17(21)20(16)24)7-14-3-2-6-25-14/h2-6,8-10,18,22-23H,7,11H2,1H3/b16-9+. The zero-order chi connectivity index (χ0) is 18.3. The van der Waals surface area contributed by atoms with Gasteiger partial charge in [-0.15, -0.1) is 0 Å². The van der Waals surface area contributed by atoms with E-state index in [9.17, 15) is 15.3 Å². The first kappa shape index (κ1) is 16.4. The molecule has 0 saturated carbocycles. The Balaban J connectivity index is 1.73. The predicted molar refractivity (Wildman–Crippen MR) is 93.1 cm³/mol. The fourth-order valence-electron chi connectivity index (χ4n) is 3.26. The molecule has 2 aliphatic heterocycles. The summed E-state index contributed by atoms with van der Waals surface area (Å²) in [6, 6.07) is 6.60. The lowest BCUT2D eigenvalue weighted by Crippen LogP contribution is -2.31. The third-order valence-corrected chi connectivity index (χ3v) is 4.55. The van der Waals surface area contributed by atoms with Gasteiger partial charge in [-0.25, -0.2) is 0 Å². The fourth-order valence-corrected chi connectivity index (χ4v) is 3.26. The van der Waals surface area contributed by atoms with Crippen LogP contribution in [0.2, 0.25) is 0 Å². The molecule has 2 aromatic rings. The lowest BCUT2D eigenvalue weighted by Gasteiger charge is -2.27.